The van der Waals surface area contributed by atoms with Gasteiger partial charge >= 0.3 is 5.97 Å². The number of ether oxygens (including phenoxy) is 1. The highest BCUT2D eigenvalue weighted by Crippen LogP contribution is 2.24. The summed E-state index contributed by atoms with van der Waals surface area (Å²) in [6.07, 6.45) is 3.21. The van der Waals surface area contributed by atoms with Crippen LogP contribution in [-0.4, -0.2) is 27.2 Å². The predicted molar refractivity (Wildman–Crippen MR) is 85.5 cm³/mol. The van der Waals surface area contributed by atoms with Crippen LogP contribution in [0, 0.1) is 6.92 Å². The Morgan fingerprint density at radius 2 is 2.00 bits per heavy atom. The molecule has 0 radical (unpaired) electrons. The average Bonchev–Trinajstić information content (AvgIpc) is 2.44. The minimum atomic E-state index is -3.44. The van der Waals surface area contributed by atoms with Gasteiger partial charge in [0.25, 0.3) is 10.1 Å². The predicted octanol–water partition coefficient (Wildman–Crippen LogP) is 3.17. The van der Waals surface area contributed by atoms with Crippen LogP contribution in [0.25, 0.3) is 0 Å². The zero-order chi connectivity index (χ0) is 16.8. The Balaban J connectivity index is 2.70. The zero-order valence-electron chi connectivity index (χ0n) is 13.6. The minimum absolute atomic E-state index is 0.0710. The third-order valence-electron chi connectivity index (χ3n) is 3.26. The molecule has 1 rings (SSSR count). The first kappa shape index (κ1) is 18.6. The van der Waals surface area contributed by atoms with E-state index in [0.717, 1.165) is 30.2 Å². The van der Waals surface area contributed by atoms with E-state index in [1.54, 1.807) is 6.07 Å². The first-order valence-electron chi connectivity index (χ1n) is 7.38. The number of benzene rings is 1. The SMILES string of the molecule is CCCCC(=O)Oc1ccc(C(C)COS(C)(=O)=O)cc1C. The number of carbonyl (C=O) groups is 1. The molecule has 0 aliphatic heterocycles. The van der Waals surface area contributed by atoms with Crippen LogP contribution in [0.3, 0.4) is 0 Å². The number of carbonyl (C=O) groups excluding carboxylic acids is 1. The molecule has 6 heteroatoms. The topological polar surface area (TPSA) is 69.7 Å². The van der Waals surface area contributed by atoms with E-state index in [2.05, 4.69) is 0 Å². The number of aryl methyl sites for hydroxylation is 1. The third-order valence-corrected chi connectivity index (χ3v) is 3.82. The molecule has 0 heterocycles. The number of rotatable bonds is 8. The molecule has 0 spiro atoms. The van der Waals surface area contributed by atoms with Crippen molar-refractivity contribution < 1.29 is 22.1 Å². The van der Waals surface area contributed by atoms with Crippen molar-refractivity contribution in [3.8, 4) is 5.75 Å². The Labute approximate surface area is 132 Å². The summed E-state index contributed by atoms with van der Waals surface area (Å²) >= 11 is 0. The van der Waals surface area contributed by atoms with Crippen molar-refractivity contribution in [2.45, 2.75) is 46.0 Å². The number of esters is 1. The number of hydrogen-bond acceptors (Lipinski definition) is 5. The molecule has 1 aromatic carbocycles. The van der Waals surface area contributed by atoms with Gasteiger partial charge in [0, 0.05) is 12.3 Å². The average molecular weight is 328 g/mol. The number of hydrogen-bond donors (Lipinski definition) is 0. The van der Waals surface area contributed by atoms with Gasteiger partial charge < -0.3 is 4.74 Å². The van der Waals surface area contributed by atoms with Gasteiger partial charge in [0.2, 0.25) is 0 Å². The van der Waals surface area contributed by atoms with Gasteiger partial charge in [-0.2, -0.15) is 8.42 Å². The van der Waals surface area contributed by atoms with E-state index in [4.69, 9.17) is 8.92 Å². The Hall–Kier alpha value is -1.40. The lowest BCUT2D eigenvalue weighted by atomic mass is 10.00. The molecule has 0 aromatic heterocycles. The molecular formula is C16H24O5S. The first-order valence-corrected chi connectivity index (χ1v) is 9.20. The molecule has 0 fully saturated rings. The van der Waals surface area contributed by atoms with Crippen molar-refractivity contribution >= 4 is 16.1 Å². The van der Waals surface area contributed by atoms with E-state index < -0.39 is 10.1 Å². The molecule has 0 aliphatic rings. The molecule has 0 amide bonds. The second-order valence-electron chi connectivity index (χ2n) is 5.49. The Bertz CT molecular complexity index is 607. The van der Waals surface area contributed by atoms with Crippen LogP contribution in [0.2, 0.25) is 0 Å². The van der Waals surface area contributed by atoms with Crippen LogP contribution >= 0.6 is 0 Å². The maximum absolute atomic E-state index is 11.6. The third kappa shape index (κ3) is 6.58. The standard InChI is InChI=1S/C16H24O5S/c1-5-6-7-16(17)21-15-9-8-14(10-12(15)2)13(3)11-20-22(4,18)19/h8-10,13H,5-7,11H2,1-4H3. The lowest BCUT2D eigenvalue weighted by Gasteiger charge is -2.14. The highest BCUT2D eigenvalue weighted by Gasteiger charge is 2.13. The van der Waals surface area contributed by atoms with Gasteiger partial charge in [0.1, 0.15) is 5.75 Å². The van der Waals surface area contributed by atoms with E-state index >= 15 is 0 Å². The molecule has 0 saturated heterocycles. The summed E-state index contributed by atoms with van der Waals surface area (Å²) in [4.78, 5) is 11.6. The van der Waals surface area contributed by atoms with Gasteiger partial charge in [-0.3, -0.25) is 8.98 Å². The second-order valence-corrected chi connectivity index (χ2v) is 7.14. The van der Waals surface area contributed by atoms with Crippen molar-refractivity contribution in [1.29, 1.82) is 0 Å². The summed E-state index contributed by atoms with van der Waals surface area (Å²) in [6, 6.07) is 5.45. The van der Waals surface area contributed by atoms with Gasteiger partial charge in [-0.1, -0.05) is 32.4 Å². The van der Waals surface area contributed by atoms with Crippen LogP contribution in [0.5, 0.6) is 5.75 Å². The normalized spacial score (nSPS) is 12.9. The number of unbranched alkanes of at least 4 members (excludes halogenated alkanes) is 1. The van der Waals surface area contributed by atoms with E-state index in [0.29, 0.717) is 12.2 Å². The summed E-state index contributed by atoms with van der Waals surface area (Å²) in [5, 5.41) is 0. The maximum atomic E-state index is 11.6. The smallest absolute Gasteiger partial charge is 0.311 e. The van der Waals surface area contributed by atoms with Crippen molar-refractivity contribution in [3.05, 3.63) is 29.3 Å². The molecule has 124 valence electrons. The summed E-state index contributed by atoms with van der Waals surface area (Å²) < 4.78 is 32.2. The van der Waals surface area contributed by atoms with Gasteiger partial charge in [-0.05, 0) is 30.5 Å². The van der Waals surface area contributed by atoms with Crippen molar-refractivity contribution in [2.75, 3.05) is 12.9 Å². The fraction of sp³-hybridized carbons (Fsp3) is 0.562. The summed E-state index contributed by atoms with van der Waals surface area (Å²) in [5.41, 5.74) is 1.78. The van der Waals surface area contributed by atoms with Crippen molar-refractivity contribution in [1.82, 2.24) is 0 Å². The fourth-order valence-corrected chi connectivity index (χ4v) is 2.36. The molecule has 1 unspecified atom stereocenters. The minimum Gasteiger partial charge on any atom is -0.426 e. The zero-order valence-corrected chi connectivity index (χ0v) is 14.4. The van der Waals surface area contributed by atoms with Gasteiger partial charge in [-0.25, -0.2) is 0 Å². The molecule has 22 heavy (non-hydrogen) atoms. The first-order chi connectivity index (χ1) is 10.2. The Morgan fingerprint density at radius 3 is 2.55 bits per heavy atom. The molecule has 0 aliphatic carbocycles. The maximum Gasteiger partial charge on any atom is 0.311 e. The lowest BCUT2D eigenvalue weighted by Crippen LogP contribution is -2.11. The van der Waals surface area contributed by atoms with Gasteiger partial charge in [-0.15, -0.1) is 0 Å². The molecule has 1 aromatic rings. The van der Waals surface area contributed by atoms with Crippen LogP contribution in [0.4, 0.5) is 0 Å². The highest BCUT2D eigenvalue weighted by atomic mass is 32.2. The lowest BCUT2D eigenvalue weighted by molar-refractivity contribution is -0.134. The largest absolute Gasteiger partial charge is 0.426 e. The molecule has 0 bridgehead atoms. The summed E-state index contributed by atoms with van der Waals surface area (Å²) in [7, 11) is -3.44. The second kappa shape index (κ2) is 8.29. The summed E-state index contributed by atoms with van der Waals surface area (Å²) in [6.45, 7) is 5.85. The van der Waals surface area contributed by atoms with Gasteiger partial charge in [0.15, 0.2) is 0 Å². The van der Waals surface area contributed by atoms with Crippen molar-refractivity contribution in [3.63, 3.8) is 0 Å². The molecule has 0 saturated carbocycles. The molecule has 1 atom stereocenters. The van der Waals surface area contributed by atoms with E-state index in [9.17, 15) is 13.2 Å². The van der Waals surface area contributed by atoms with Crippen LogP contribution in [-0.2, 0) is 19.1 Å². The Morgan fingerprint density at radius 1 is 1.32 bits per heavy atom. The molecule has 5 nitrogen and oxygen atoms in total. The Kier molecular flexibility index (Phi) is 7.03. The van der Waals surface area contributed by atoms with Gasteiger partial charge in [0.05, 0.1) is 12.9 Å². The molecular weight excluding hydrogens is 304 g/mol. The fourth-order valence-electron chi connectivity index (χ4n) is 1.91. The van der Waals surface area contributed by atoms with Crippen LogP contribution in [0.15, 0.2) is 18.2 Å². The van der Waals surface area contributed by atoms with E-state index in [-0.39, 0.29) is 18.5 Å². The van der Waals surface area contributed by atoms with E-state index in [1.165, 1.54) is 0 Å². The summed E-state index contributed by atoms with van der Waals surface area (Å²) in [5.74, 6) is 0.241. The molecule has 0 N–H and O–H groups in total. The van der Waals surface area contributed by atoms with Crippen LogP contribution in [0.1, 0.15) is 50.2 Å². The quantitative estimate of drug-likeness (QED) is 0.416. The highest BCUT2D eigenvalue weighted by molar-refractivity contribution is 7.85. The van der Waals surface area contributed by atoms with E-state index in [1.807, 2.05) is 32.9 Å². The van der Waals surface area contributed by atoms with Crippen molar-refractivity contribution in [2.24, 2.45) is 0 Å². The monoisotopic (exact) mass is 328 g/mol. The van der Waals surface area contributed by atoms with Crippen LogP contribution < -0.4 is 4.74 Å².